The highest BCUT2D eigenvalue weighted by Gasteiger charge is 2.18. The van der Waals surface area contributed by atoms with Gasteiger partial charge in [0.1, 0.15) is 0 Å². The number of Topliss-reactive ketones (excluding diaryl/α,β-unsaturated/α-hetero) is 1. The Morgan fingerprint density at radius 2 is 2.08 bits per heavy atom. The van der Waals surface area contributed by atoms with Crippen LogP contribution in [0.1, 0.15) is 17.3 Å². The number of carbonyl (C=O) groups is 1. The second-order valence-electron chi connectivity index (χ2n) is 2.58. The molecule has 1 rings (SSSR count). The van der Waals surface area contributed by atoms with Crippen LogP contribution in [0.4, 0.5) is 8.78 Å². The van der Waals surface area contributed by atoms with Crippen LogP contribution in [0.5, 0.6) is 0 Å². The van der Waals surface area contributed by atoms with Gasteiger partial charge in [-0.1, -0.05) is 6.07 Å². The molecule has 1 unspecified atom stereocenters. The maximum Gasteiger partial charge on any atom is 0.183 e. The lowest BCUT2D eigenvalue weighted by molar-refractivity contribution is 0.0987. The monoisotopic (exact) mass is 204 g/mol. The highest BCUT2D eigenvalue weighted by Crippen LogP contribution is 2.15. The molecule has 0 saturated carbocycles. The first-order chi connectivity index (χ1) is 6.04. The summed E-state index contributed by atoms with van der Waals surface area (Å²) in [4.78, 5) is 11.2. The smallest absolute Gasteiger partial charge is 0.183 e. The minimum Gasteiger partial charge on any atom is -0.292 e. The Hall–Kier alpha value is -0.960. The Bertz CT molecular complexity index is 336. The lowest BCUT2D eigenvalue weighted by Gasteiger charge is -2.03. The van der Waals surface area contributed by atoms with E-state index in [2.05, 4.69) is 0 Å². The summed E-state index contributed by atoms with van der Waals surface area (Å²) >= 11 is 5.45. The Morgan fingerprint density at radius 3 is 2.62 bits per heavy atom. The van der Waals surface area contributed by atoms with Crippen molar-refractivity contribution in [2.45, 2.75) is 12.3 Å². The molecule has 0 aliphatic rings. The van der Waals surface area contributed by atoms with E-state index < -0.39 is 22.8 Å². The number of rotatable bonds is 2. The van der Waals surface area contributed by atoms with Gasteiger partial charge in [-0.15, -0.1) is 11.6 Å². The average Bonchev–Trinajstić information content (AvgIpc) is 2.08. The number of hydrogen-bond donors (Lipinski definition) is 0. The summed E-state index contributed by atoms with van der Waals surface area (Å²) in [6.07, 6.45) is 0. The predicted molar refractivity (Wildman–Crippen MR) is 46.0 cm³/mol. The fourth-order valence-corrected chi connectivity index (χ4v) is 1.03. The van der Waals surface area contributed by atoms with Crippen molar-refractivity contribution in [1.29, 1.82) is 0 Å². The van der Waals surface area contributed by atoms with Gasteiger partial charge in [0.2, 0.25) is 0 Å². The summed E-state index contributed by atoms with van der Waals surface area (Å²) in [6, 6.07) is 3.43. The van der Waals surface area contributed by atoms with Crippen LogP contribution in [0.2, 0.25) is 0 Å². The quantitative estimate of drug-likeness (QED) is 0.535. The molecule has 1 aromatic rings. The standard InChI is InChI=1S/C9H7ClF2O/c1-5(10)9(13)6-3-2-4-7(11)8(6)12/h2-5H,1H3. The van der Waals surface area contributed by atoms with Crippen molar-refractivity contribution in [1.82, 2.24) is 0 Å². The first kappa shape index (κ1) is 10.1. The summed E-state index contributed by atoms with van der Waals surface area (Å²) < 4.78 is 25.6. The van der Waals surface area contributed by atoms with Gasteiger partial charge >= 0.3 is 0 Å². The number of alkyl halides is 1. The van der Waals surface area contributed by atoms with Crippen LogP contribution in [-0.2, 0) is 0 Å². The predicted octanol–water partition coefficient (Wildman–Crippen LogP) is 2.77. The topological polar surface area (TPSA) is 17.1 Å². The first-order valence-corrected chi connectivity index (χ1v) is 4.10. The van der Waals surface area contributed by atoms with Crippen LogP contribution in [0.15, 0.2) is 18.2 Å². The van der Waals surface area contributed by atoms with E-state index in [1.807, 2.05) is 0 Å². The normalized spacial score (nSPS) is 12.6. The maximum atomic E-state index is 13.0. The highest BCUT2D eigenvalue weighted by atomic mass is 35.5. The van der Waals surface area contributed by atoms with Crippen LogP contribution in [0.3, 0.4) is 0 Å². The van der Waals surface area contributed by atoms with Gasteiger partial charge in [-0.2, -0.15) is 0 Å². The second kappa shape index (κ2) is 3.83. The maximum absolute atomic E-state index is 13.0. The zero-order valence-corrected chi connectivity index (χ0v) is 7.61. The van der Waals surface area contributed by atoms with E-state index in [-0.39, 0.29) is 5.56 Å². The second-order valence-corrected chi connectivity index (χ2v) is 3.24. The van der Waals surface area contributed by atoms with E-state index in [1.165, 1.54) is 19.1 Å². The molecule has 0 fully saturated rings. The van der Waals surface area contributed by atoms with Gasteiger partial charge in [0.25, 0.3) is 0 Å². The van der Waals surface area contributed by atoms with E-state index >= 15 is 0 Å². The third kappa shape index (κ3) is 2.04. The van der Waals surface area contributed by atoms with Crippen molar-refractivity contribution in [2.75, 3.05) is 0 Å². The van der Waals surface area contributed by atoms with Gasteiger partial charge in [-0.25, -0.2) is 8.78 Å². The van der Waals surface area contributed by atoms with Crippen molar-refractivity contribution >= 4 is 17.4 Å². The molecule has 0 N–H and O–H groups in total. The summed E-state index contributed by atoms with van der Waals surface area (Å²) in [5.41, 5.74) is -0.303. The molecule has 0 radical (unpaired) electrons. The highest BCUT2D eigenvalue weighted by molar-refractivity contribution is 6.33. The Morgan fingerprint density at radius 1 is 1.46 bits per heavy atom. The number of benzene rings is 1. The van der Waals surface area contributed by atoms with Crippen LogP contribution in [-0.4, -0.2) is 11.2 Å². The van der Waals surface area contributed by atoms with Crippen LogP contribution in [0.25, 0.3) is 0 Å². The van der Waals surface area contributed by atoms with Gasteiger partial charge in [0, 0.05) is 0 Å². The number of hydrogen-bond acceptors (Lipinski definition) is 1. The molecule has 0 heterocycles. The van der Waals surface area contributed by atoms with Crippen LogP contribution < -0.4 is 0 Å². The first-order valence-electron chi connectivity index (χ1n) is 3.66. The van der Waals surface area contributed by atoms with E-state index in [4.69, 9.17) is 11.6 Å². The lowest BCUT2D eigenvalue weighted by Crippen LogP contribution is -2.13. The minimum atomic E-state index is -1.14. The number of halogens is 3. The molecule has 0 amide bonds. The zero-order chi connectivity index (χ0) is 10.0. The van der Waals surface area contributed by atoms with E-state index in [9.17, 15) is 13.6 Å². The molecule has 0 saturated heterocycles. The minimum absolute atomic E-state index is 0.303. The Kier molecular flexibility index (Phi) is 2.98. The van der Waals surface area contributed by atoms with Crippen LogP contribution in [0, 0.1) is 11.6 Å². The van der Waals surface area contributed by atoms with E-state index in [1.54, 1.807) is 0 Å². The molecule has 0 aliphatic heterocycles. The summed E-state index contributed by atoms with van der Waals surface area (Å²) in [7, 11) is 0. The van der Waals surface area contributed by atoms with Crippen molar-refractivity contribution in [3.63, 3.8) is 0 Å². The van der Waals surface area contributed by atoms with E-state index in [0.717, 1.165) is 6.07 Å². The summed E-state index contributed by atoms with van der Waals surface area (Å²) in [6.45, 7) is 1.41. The average molecular weight is 205 g/mol. The SMILES string of the molecule is CC(Cl)C(=O)c1cccc(F)c1F. The molecule has 13 heavy (non-hydrogen) atoms. The number of ketones is 1. The largest absolute Gasteiger partial charge is 0.292 e. The number of carbonyl (C=O) groups excluding carboxylic acids is 1. The van der Waals surface area contributed by atoms with Gasteiger partial charge in [-0.05, 0) is 19.1 Å². The van der Waals surface area contributed by atoms with Crippen molar-refractivity contribution < 1.29 is 13.6 Å². The molecule has 1 aromatic carbocycles. The fourth-order valence-electron chi connectivity index (χ4n) is 0.908. The van der Waals surface area contributed by atoms with Gasteiger partial charge < -0.3 is 0 Å². The third-order valence-corrected chi connectivity index (χ3v) is 1.78. The van der Waals surface area contributed by atoms with Gasteiger partial charge in [0.15, 0.2) is 17.4 Å². The van der Waals surface area contributed by atoms with Crippen molar-refractivity contribution in [3.05, 3.63) is 35.4 Å². The lowest BCUT2D eigenvalue weighted by atomic mass is 10.1. The van der Waals surface area contributed by atoms with Crippen LogP contribution >= 0.6 is 11.6 Å². The van der Waals surface area contributed by atoms with Crippen molar-refractivity contribution in [2.24, 2.45) is 0 Å². The van der Waals surface area contributed by atoms with E-state index in [0.29, 0.717) is 0 Å². The molecular weight excluding hydrogens is 198 g/mol. The Balaban J connectivity index is 3.15. The van der Waals surface area contributed by atoms with Gasteiger partial charge in [0.05, 0.1) is 10.9 Å². The van der Waals surface area contributed by atoms with Crippen molar-refractivity contribution in [3.8, 4) is 0 Å². The molecular formula is C9H7ClF2O. The molecule has 0 aromatic heterocycles. The molecule has 4 heteroatoms. The third-order valence-electron chi connectivity index (χ3n) is 1.58. The molecule has 0 bridgehead atoms. The molecule has 0 aliphatic carbocycles. The molecule has 70 valence electrons. The summed E-state index contributed by atoms with van der Waals surface area (Å²) in [5.74, 6) is -2.79. The zero-order valence-electron chi connectivity index (χ0n) is 6.85. The molecule has 0 spiro atoms. The molecule has 1 nitrogen and oxygen atoms in total. The fraction of sp³-hybridized carbons (Fsp3) is 0.222. The molecule has 1 atom stereocenters. The summed E-state index contributed by atoms with van der Waals surface area (Å²) in [5, 5.41) is -0.851. The van der Waals surface area contributed by atoms with Gasteiger partial charge in [-0.3, -0.25) is 4.79 Å². The Labute approximate surface area is 79.3 Å².